The van der Waals surface area contributed by atoms with Gasteiger partial charge < -0.3 is 0 Å². The van der Waals surface area contributed by atoms with Crippen molar-refractivity contribution in [1.82, 2.24) is 0 Å². The molecule has 0 amide bonds. The van der Waals surface area contributed by atoms with E-state index in [1.54, 1.807) is 7.76 Å². The minimum atomic E-state index is -1.23. The quantitative estimate of drug-likeness (QED) is 0.591. The molecule has 118 valence electrons. The van der Waals surface area contributed by atoms with Gasteiger partial charge in [0.25, 0.3) is 0 Å². The van der Waals surface area contributed by atoms with Gasteiger partial charge in [-0.25, -0.2) is 0 Å². The Labute approximate surface area is 150 Å². The van der Waals surface area contributed by atoms with Crippen LogP contribution in [0.25, 0.3) is 11.1 Å². The Balaban J connectivity index is 0.000000141. The van der Waals surface area contributed by atoms with Gasteiger partial charge in [-0.3, -0.25) is 0 Å². The van der Waals surface area contributed by atoms with Crippen LogP contribution in [0.1, 0.15) is 12.8 Å². The predicted molar refractivity (Wildman–Crippen MR) is 103 cm³/mol. The molecule has 0 unspecified atom stereocenters. The van der Waals surface area contributed by atoms with Crippen molar-refractivity contribution in [3.8, 4) is 11.1 Å². The number of allylic oxidation sites excluding steroid dienone is 8. The fourth-order valence-corrected chi connectivity index (χ4v) is 5.52. The van der Waals surface area contributed by atoms with Crippen molar-refractivity contribution < 1.29 is 17.4 Å². The maximum atomic E-state index is 4.35. The molecule has 0 N–H and O–H groups in total. The molecule has 1 heteroatoms. The first-order chi connectivity index (χ1) is 11.8. The first kappa shape index (κ1) is 16.8. The molecule has 0 radical (unpaired) electrons. The summed E-state index contributed by atoms with van der Waals surface area (Å²) in [5.41, 5.74) is 2.55. The Morgan fingerprint density at radius 2 is 1.04 bits per heavy atom. The van der Waals surface area contributed by atoms with Crippen molar-refractivity contribution in [1.29, 1.82) is 0 Å². The molecule has 0 nitrogen and oxygen atoms in total. The zero-order chi connectivity index (χ0) is 16.6. The van der Waals surface area contributed by atoms with E-state index in [2.05, 4.69) is 89.8 Å². The van der Waals surface area contributed by atoms with E-state index in [0.717, 1.165) is 12.8 Å². The topological polar surface area (TPSA) is 0 Å². The molecule has 2 aliphatic carbocycles. The van der Waals surface area contributed by atoms with Crippen molar-refractivity contribution >= 4 is 4.82 Å². The average Bonchev–Trinajstić information content (AvgIpc) is 3.37. The summed E-state index contributed by atoms with van der Waals surface area (Å²) in [5, 5.41) is 0. The van der Waals surface area contributed by atoms with Gasteiger partial charge in [-0.15, -0.1) is 0 Å². The van der Waals surface area contributed by atoms with E-state index >= 15 is 0 Å². The minimum Gasteiger partial charge on any atom is -0.0622 e. The molecule has 0 aliphatic heterocycles. The molecule has 0 saturated carbocycles. The summed E-state index contributed by atoms with van der Waals surface area (Å²) in [4.78, 5) is 4.35. The largest absolute Gasteiger partial charge is 0.0622 e. The Kier molecular flexibility index (Phi) is 6.12. The molecule has 24 heavy (non-hydrogen) atoms. The van der Waals surface area contributed by atoms with Crippen LogP contribution in [0, 0.1) is 0 Å². The van der Waals surface area contributed by atoms with E-state index in [-0.39, 0.29) is 0 Å². The van der Waals surface area contributed by atoms with Crippen molar-refractivity contribution in [2.24, 2.45) is 0 Å². The van der Waals surface area contributed by atoms with Crippen LogP contribution >= 0.6 is 0 Å². The van der Waals surface area contributed by atoms with E-state index in [9.17, 15) is 0 Å². The van der Waals surface area contributed by atoms with Crippen LogP contribution in [0.15, 0.2) is 105 Å². The predicted octanol–water partition coefficient (Wildman–Crippen LogP) is 6.08. The summed E-state index contributed by atoms with van der Waals surface area (Å²) in [6.45, 7) is 0. The zero-order valence-electron chi connectivity index (χ0n) is 13.9. The summed E-state index contributed by atoms with van der Waals surface area (Å²) in [5.74, 6) is 0. The Bertz CT molecular complexity index is 736. The molecule has 2 aromatic rings. The van der Waals surface area contributed by atoms with Crippen molar-refractivity contribution in [2.45, 2.75) is 12.8 Å². The van der Waals surface area contributed by atoms with Crippen LogP contribution in [-0.2, 0) is 17.4 Å². The van der Waals surface area contributed by atoms with Gasteiger partial charge in [0.15, 0.2) is 0 Å². The minimum absolute atomic E-state index is 1.16. The molecular weight excluding hydrogens is 324 g/mol. The third-order valence-electron chi connectivity index (χ3n) is 4.20. The fraction of sp³-hybridized carbons (Fsp3) is 0.0870. The van der Waals surface area contributed by atoms with Gasteiger partial charge >= 0.3 is 79.3 Å². The Hall–Kier alpha value is -2.02. The van der Waals surface area contributed by atoms with E-state index in [1.165, 1.54) is 11.1 Å². The molecule has 0 fully saturated rings. The van der Waals surface area contributed by atoms with Crippen LogP contribution in [0.3, 0.4) is 0 Å². The third-order valence-corrected chi connectivity index (χ3v) is 7.78. The number of rotatable bonds is 3. The molecule has 0 aromatic heterocycles. The van der Waals surface area contributed by atoms with Gasteiger partial charge in [0.1, 0.15) is 0 Å². The van der Waals surface area contributed by atoms with E-state index in [0.29, 0.717) is 0 Å². The third kappa shape index (κ3) is 4.51. The van der Waals surface area contributed by atoms with Crippen LogP contribution in [0.4, 0.5) is 0 Å². The average molecular weight is 346 g/mol. The monoisotopic (exact) mass is 346 g/mol. The molecule has 0 atom stereocenters. The SMILES string of the molecule is [CH2]=[Ti]([C]1=CC=CC1)[C]1=CC=CC1.c1ccc(-c2ccccc2)cc1. The molecular formula is C23H22Ti. The zero-order valence-corrected chi connectivity index (χ0v) is 15.4. The first-order valence-electron chi connectivity index (χ1n) is 8.36. The van der Waals surface area contributed by atoms with Crippen molar-refractivity contribution in [3.05, 3.63) is 105 Å². The molecule has 4 rings (SSSR count). The van der Waals surface area contributed by atoms with Gasteiger partial charge in [0.05, 0.1) is 0 Å². The second-order valence-corrected chi connectivity index (χ2v) is 9.36. The Morgan fingerprint density at radius 3 is 1.38 bits per heavy atom. The maximum absolute atomic E-state index is 4.35. The fourth-order valence-electron chi connectivity index (χ4n) is 2.81. The van der Waals surface area contributed by atoms with Crippen LogP contribution in [0.5, 0.6) is 0 Å². The first-order valence-corrected chi connectivity index (χ1v) is 11.0. The van der Waals surface area contributed by atoms with Crippen LogP contribution in [-0.4, -0.2) is 4.82 Å². The molecule has 2 aromatic carbocycles. The number of benzene rings is 2. The summed E-state index contributed by atoms with van der Waals surface area (Å²) in [6, 6.07) is 20.8. The smallest absolute Gasteiger partial charge is 0.0184 e. The summed E-state index contributed by atoms with van der Waals surface area (Å²) >= 11 is -1.23. The van der Waals surface area contributed by atoms with Crippen molar-refractivity contribution in [3.63, 3.8) is 0 Å². The molecule has 0 heterocycles. The molecule has 2 aliphatic rings. The van der Waals surface area contributed by atoms with Gasteiger partial charge in [0, 0.05) is 0 Å². The van der Waals surface area contributed by atoms with Crippen molar-refractivity contribution in [2.75, 3.05) is 0 Å². The van der Waals surface area contributed by atoms with E-state index in [4.69, 9.17) is 0 Å². The van der Waals surface area contributed by atoms with E-state index < -0.39 is 17.4 Å². The maximum Gasteiger partial charge on any atom is -0.0184 e. The second kappa shape index (κ2) is 8.73. The standard InChI is InChI=1S/C12H10.2C5H5.CH2.Ti/c1-3-7-11(8-4-1)12-9-5-2-6-10-12;2*1-2-4-5-3-1;;/h1-10H;2*1-3H,4H2;1H2;. The van der Waals surface area contributed by atoms with Crippen LogP contribution in [0.2, 0.25) is 0 Å². The number of hydrogen-bond acceptors (Lipinski definition) is 0. The van der Waals surface area contributed by atoms with Gasteiger partial charge in [-0.2, -0.15) is 0 Å². The molecule has 0 spiro atoms. The Morgan fingerprint density at radius 1 is 0.625 bits per heavy atom. The van der Waals surface area contributed by atoms with Gasteiger partial charge in [0.2, 0.25) is 0 Å². The summed E-state index contributed by atoms with van der Waals surface area (Å²) < 4.78 is 3.23. The summed E-state index contributed by atoms with van der Waals surface area (Å²) in [7, 11) is 0. The van der Waals surface area contributed by atoms with E-state index in [1.807, 2.05) is 12.1 Å². The molecule has 0 saturated heterocycles. The van der Waals surface area contributed by atoms with Crippen LogP contribution < -0.4 is 0 Å². The molecule has 0 bridgehead atoms. The summed E-state index contributed by atoms with van der Waals surface area (Å²) in [6.07, 6.45) is 15.6. The van der Waals surface area contributed by atoms with Gasteiger partial charge in [-0.05, 0) is 11.1 Å². The normalized spacial score (nSPS) is 14.7. The number of hydrogen-bond donors (Lipinski definition) is 0. The second-order valence-electron chi connectivity index (χ2n) is 5.86. The van der Waals surface area contributed by atoms with Gasteiger partial charge in [-0.1, -0.05) is 60.7 Å².